The highest BCUT2D eigenvalue weighted by Crippen LogP contribution is 2.24. The van der Waals surface area contributed by atoms with Gasteiger partial charge in [-0.3, -0.25) is 4.79 Å². The number of unbranched alkanes of at least 4 members (excludes halogenated alkanes) is 13. The molecule has 4 nitrogen and oxygen atoms in total. The summed E-state index contributed by atoms with van der Waals surface area (Å²) in [5, 5.41) is 2.81. The van der Waals surface area contributed by atoms with Gasteiger partial charge in [-0.1, -0.05) is 103 Å². The lowest BCUT2D eigenvalue weighted by atomic mass is 10.0. The summed E-state index contributed by atoms with van der Waals surface area (Å²) in [5.74, 6) is -0.189. The van der Waals surface area contributed by atoms with E-state index in [4.69, 9.17) is 4.74 Å². The number of amides is 1. The summed E-state index contributed by atoms with van der Waals surface area (Å²) in [6.07, 6.45) is 22.6. The molecule has 1 saturated carbocycles. The first-order chi connectivity index (χ1) is 14.1. The zero-order valence-electron chi connectivity index (χ0n) is 19.3. The molecule has 170 valence electrons. The van der Waals surface area contributed by atoms with Gasteiger partial charge in [0.15, 0.2) is 0 Å². The summed E-state index contributed by atoms with van der Waals surface area (Å²) < 4.78 is 5.32. The number of rotatable bonds is 18. The minimum Gasteiger partial charge on any atom is -0.464 e. The highest BCUT2D eigenvalue weighted by Gasteiger charge is 2.25. The van der Waals surface area contributed by atoms with Crippen LogP contribution in [0.15, 0.2) is 0 Å². The molecule has 1 N–H and O–H groups in total. The number of nitrogens with one attached hydrogen (secondary N) is 1. The van der Waals surface area contributed by atoms with Crippen LogP contribution in [0.2, 0.25) is 0 Å². The van der Waals surface area contributed by atoms with Gasteiger partial charge in [0.1, 0.15) is 6.04 Å². The summed E-state index contributed by atoms with van der Waals surface area (Å²) in [4.78, 5) is 24.0. The number of carbonyl (C=O) groups excluding carboxylic acids is 2. The van der Waals surface area contributed by atoms with Crippen LogP contribution in [0.5, 0.6) is 0 Å². The lowest BCUT2D eigenvalue weighted by molar-refractivity contribution is -0.147. The molecule has 0 bridgehead atoms. The van der Waals surface area contributed by atoms with E-state index in [1.807, 2.05) is 0 Å². The fourth-order valence-electron chi connectivity index (χ4n) is 4.17. The minimum absolute atomic E-state index is 0.0171. The van der Waals surface area contributed by atoms with Gasteiger partial charge in [-0.25, -0.2) is 4.79 Å². The standard InChI is InChI=1S/C25H47NO3/c1-3-4-5-6-7-8-9-10-11-12-13-14-15-18-21-29-25(28)22(2)26-24(27)23-19-16-17-20-23/h22-23H,3-21H2,1-2H3,(H,26,27)/t22-/m0/s1. The molecule has 1 aliphatic carbocycles. The van der Waals surface area contributed by atoms with Gasteiger partial charge >= 0.3 is 5.97 Å². The third-order valence-corrected chi connectivity index (χ3v) is 6.18. The van der Waals surface area contributed by atoms with E-state index in [1.54, 1.807) is 6.92 Å². The minimum atomic E-state index is -0.533. The van der Waals surface area contributed by atoms with Crippen molar-refractivity contribution in [2.75, 3.05) is 6.61 Å². The molecule has 0 aromatic heterocycles. The first-order valence-electron chi connectivity index (χ1n) is 12.6. The van der Waals surface area contributed by atoms with Gasteiger partial charge < -0.3 is 10.1 Å². The Balaban J connectivity index is 1.84. The molecule has 0 aromatic carbocycles. The fraction of sp³-hybridized carbons (Fsp3) is 0.920. The van der Waals surface area contributed by atoms with E-state index >= 15 is 0 Å². The molecule has 4 heteroatoms. The van der Waals surface area contributed by atoms with Gasteiger partial charge in [0.05, 0.1) is 6.61 Å². The Labute approximate surface area is 179 Å². The maximum Gasteiger partial charge on any atom is 0.328 e. The highest BCUT2D eigenvalue weighted by atomic mass is 16.5. The van der Waals surface area contributed by atoms with Gasteiger partial charge in [0.25, 0.3) is 0 Å². The van der Waals surface area contributed by atoms with Crippen LogP contribution in [0.3, 0.4) is 0 Å². The van der Waals surface area contributed by atoms with Crippen LogP contribution in [0.4, 0.5) is 0 Å². The largest absolute Gasteiger partial charge is 0.464 e. The van der Waals surface area contributed by atoms with Crippen molar-refractivity contribution in [2.45, 2.75) is 135 Å². The number of carbonyl (C=O) groups is 2. The van der Waals surface area contributed by atoms with Crippen LogP contribution in [0, 0.1) is 5.92 Å². The Kier molecular flexibility index (Phi) is 15.9. The first-order valence-corrected chi connectivity index (χ1v) is 12.6. The predicted molar refractivity (Wildman–Crippen MR) is 121 cm³/mol. The van der Waals surface area contributed by atoms with E-state index in [0.29, 0.717) is 6.61 Å². The topological polar surface area (TPSA) is 55.4 Å². The zero-order chi connectivity index (χ0) is 21.2. The van der Waals surface area contributed by atoms with Crippen molar-refractivity contribution in [1.29, 1.82) is 0 Å². The summed E-state index contributed by atoms with van der Waals surface area (Å²) in [6, 6.07) is -0.533. The molecular weight excluding hydrogens is 362 g/mol. The summed E-state index contributed by atoms with van der Waals surface area (Å²) in [6.45, 7) is 4.47. The first kappa shape index (κ1) is 26.0. The van der Waals surface area contributed by atoms with Crippen LogP contribution >= 0.6 is 0 Å². The van der Waals surface area contributed by atoms with Crippen molar-refractivity contribution >= 4 is 11.9 Å². The second-order valence-corrected chi connectivity index (χ2v) is 8.98. The average Bonchev–Trinajstić information content (AvgIpc) is 3.25. The van der Waals surface area contributed by atoms with Crippen molar-refractivity contribution in [2.24, 2.45) is 5.92 Å². The quantitative estimate of drug-likeness (QED) is 0.202. The van der Waals surface area contributed by atoms with Gasteiger partial charge in [-0.15, -0.1) is 0 Å². The van der Waals surface area contributed by atoms with E-state index in [2.05, 4.69) is 12.2 Å². The van der Waals surface area contributed by atoms with Gasteiger partial charge in [-0.05, 0) is 26.2 Å². The Morgan fingerprint density at radius 3 is 1.72 bits per heavy atom. The number of ether oxygens (including phenoxy) is 1. The zero-order valence-corrected chi connectivity index (χ0v) is 19.3. The summed E-state index contributed by atoms with van der Waals surface area (Å²) in [7, 11) is 0. The van der Waals surface area contributed by atoms with Crippen LogP contribution in [0.25, 0.3) is 0 Å². The Morgan fingerprint density at radius 2 is 1.24 bits per heavy atom. The Hall–Kier alpha value is -1.06. The molecule has 0 aliphatic heterocycles. The number of hydrogen-bond donors (Lipinski definition) is 1. The van der Waals surface area contributed by atoms with E-state index in [-0.39, 0.29) is 17.8 Å². The smallest absolute Gasteiger partial charge is 0.328 e. The maximum absolute atomic E-state index is 12.1. The molecule has 29 heavy (non-hydrogen) atoms. The predicted octanol–water partition coefficient (Wildman–Crippen LogP) is 6.71. The number of esters is 1. The molecule has 0 spiro atoms. The third-order valence-electron chi connectivity index (χ3n) is 6.18. The van der Waals surface area contributed by atoms with Crippen molar-refractivity contribution in [3.05, 3.63) is 0 Å². The van der Waals surface area contributed by atoms with Crippen molar-refractivity contribution in [1.82, 2.24) is 5.32 Å². The van der Waals surface area contributed by atoms with Gasteiger partial charge in [0.2, 0.25) is 5.91 Å². The molecule has 0 heterocycles. The number of hydrogen-bond acceptors (Lipinski definition) is 3. The molecule has 1 fully saturated rings. The van der Waals surface area contributed by atoms with Crippen LogP contribution < -0.4 is 5.32 Å². The molecule has 0 unspecified atom stereocenters. The van der Waals surface area contributed by atoms with E-state index in [1.165, 1.54) is 77.0 Å². The van der Waals surface area contributed by atoms with Crippen LogP contribution in [0.1, 0.15) is 129 Å². The Bertz CT molecular complexity index is 418. The second kappa shape index (κ2) is 17.8. The molecule has 1 rings (SSSR count). The molecule has 1 aliphatic rings. The maximum atomic E-state index is 12.1. The van der Waals surface area contributed by atoms with E-state index < -0.39 is 6.04 Å². The van der Waals surface area contributed by atoms with Gasteiger partial charge in [-0.2, -0.15) is 0 Å². The monoisotopic (exact) mass is 409 g/mol. The summed E-state index contributed by atoms with van der Waals surface area (Å²) in [5.41, 5.74) is 0. The average molecular weight is 410 g/mol. The van der Waals surface area contributed by atoms with E-state index in [9.17, 15) is 9.59 Å². The normalized spacial score (nSPS) is 15.4. The van der Waals surface area contributed by atoms with Crippen LogP contribution in [-0.2, 0) is 14.3 Å². The highest BCUT2D eigenvalue weighted by molar-refractivity contribution is 5.85. The second-order valence-electron chi connectivity index (χ2n) is 8.98. The fourth-order valence-corrected chi connectivity index (χ4v) is 4.17. The van der Waals surface area contributed by atoms with E-state index in [0.717, 1.165) is 38.5 Å². The lowest BCUT2D eigenvalue weighted by Crippen LogP contribution is -2.42. The molecule has 0 aromatic rings. The van der Waals surface area contributed by atoms with Crippen molar-refractivity contribution in [3.8, 4) is 0 Å². The third kappa shape index (κ3) is 13.7. The molecule has 0 radical (unpaired) electrons. The van der Waals surface area contributed by atoms with Crippen LogP contribution in [-0.4, -0.2) is 24.5 Å². The molecule has 1 atom stereocenters. The molecule has 1 amide bonds. The lowest BCUT2D eigenvalue weighted by Gasteiger charge is -2.16. The SMILES string of the molecule is CCCCCCCCCCCCCCCCOC(=O)[C@H](C)NC(=O)C1CCCC1. The molecular formula is C25H47NO3. The van der Waals surface area contributed by atoms with Crippen molar-refractivity contribution < 1.29 is 14.3 Å². The van der Waals surface area contributed by atoms with Gasteiger partial charge in [0, 0.05) is 5.92 Å². The summed E-state index contributed by atoms with van der Waals surface area (Å²) >= 11 is 0. The Morgan fingerprint density at radius 1 is 0.793 bits per heavy atom. The molecule has 0 saturated heterocycles. The van der Waals surface area contributed by atoms with Crippen molar-refractivity contribution in [3.63, 3.8) is 0 Å².